The van der Waals surface area contributed by atoms with E-state index in [1.165, 1.54) is 18.0 Å². The molecule has 36 heavy (non-hydrogen) atoms. The van der Waals surface area contributed by atoms with Crippen molar-refractivity contribution in [2.45, 2.75) is 65.8 Å². The number of carbonyl (C=O) groups is 2. The minimum Gasteiger partial charge on any atom is -0.507 e. The van der Waals surface area contributed by atoms with E-state index in [4.69, 9.17) is 10.1 Å². The van der Waals surface area contributed by atoms with E-state index in [0.29, 0.717) is 16.7 Å². The van der Waals surface area contributed by atoms with Crippen LogP contribution in [0.25, 0.3) is 0 Å². The number of rotatable bonds is 6. The number of amidine groups is 1. The van der Waals surface area contributed by atoms with Gasteiger partial charge >= 0.3 is 0 Å². The Morgan fingerprint density at radius 1 is 1.11 bits per heavy atom. The van der Waals surface area contributed by atoms with Gasteiger partial charge in [-0.2, -0.15) is 0 Å². The maximum absolute atomic E-state index is 15.4. The van der Waals surface area contributed by atoms with Crippen LogP contribution < -0.4 is 10.1 Å². The van der Waals surface area contributed by atoms with Crippen LogP contribution in [0.5, 0.6) is 11.5 Å². The first-order valence-electron chi connectivity index (χ1n) is 12.1. The topological polar surface area (TPSA) is 103 Å². The average Bonchev–Trinajstić information content (AvgIpc) is 3.09. The van der Waals surface area contributed by atoms with E-state index in [2.05, 4.69) is 5.32 Å². The number of phenols is 1. The van der Waals surface area contributed by atoms with Crippen molar-refractivity contribution in [3.05, 3.63) is 57.4 Å². The molecule has 0 aromatic heterocycles. The highest BCUT2D eigenvalue weighted by molar-refractivity contribution is 6.07. The minimum absolute atomic E-state index is 0.0101. The van der Waals surface area contributed by atoms with Gasteiger partial charge in [0.25, 0.3) is 5.91 Å². The first-order valence-corrected chi connectivity index (χ1v) is 12.1. The highest BCUT2D eigenvalue weighted by Gasteiger charge is 2.34. The third kappa shape index (κ3) is 4.94. The van der Waals surface area contributed by atoms with Crippen LogP contribution in [0.2, 0.25) is 0 Å². The van der Waals surface area contributed by atoms with Crippen LogP contribution in [-0.2, 0) is 17.4 Å². The van der Waals surface area contributed by atoms with Crippen molar-refractivity contribution in [2.75, 3.05) is 20.2 Å². The summed E-state index contributed by atoms with van der Waals surface area (Å²) in [5, 5.41) is 22.1. The predicted molar refractivity (Wildman–Crippen MR) is 138 cm³/mol. The van der Waals surface area contributed by atoms with Crippen LogP contribution in [0.4, 0.5) is 4.39 Å². The highest BCUT2D eigenvalue weighted by atomic mass is 19.1. The van der Waals surface area contributed by atoms with Crippen LogP contribution in [0.3, 0.4) is 0 Å². The molecular formula is C28H36FN3O4. The number of halogens is 1. The Kier molecular flexibility index (Phi) is 7.22. The van der Waals surface area contributed by atoms with Crippen molar-refractivity contribution in [1.82, 2.24) is 10.2 Å². The molecule has 1 heterocycles. The molecule has 0 saturated heterocycles. The normalized spacial score (nSPS) is 13.6. The summed E-state index contributed by atoms with van der Waals surface area (Å²) < 4.78 is 20.8. The van der Waals surface area contributed by atoms with Crippen molar-refractivity contribution >= 4 is 17.5 Å². The molecule has 1 aliphatic heterocycles. The molecule has 2 aromatic rings. The van der Waals surface area contributed by atoms with Crippen molar-refractivity contribution < 1.29 is 23.8 Å². The Balaban J connectivity index is 2.00. The van der Waals surface area contributed by atoms with Gasteiger partial charge in [-0.3, -0.25) is 15.0 Å². The number of ketones is 1. The van der Waals surface area contributed by atoms with Crippen molar-refractivity contribution in [3.8, 4) is 11.5 Å². The van der Waals surface area contributed by atoms with Gasteiger partial charge in [-0.05, 0) is 36.0 Å². The number of amides is 1. The zero-order chi connectivity index (χ0) is 27.2. The Bertz CT molecular complexity index is 1200. The molecule has 0 atom stereocenters. The number of Topliss-reactive ketones (excluding diaryl/α,β-unsaturated/α-hetero) is 1. The number of hydrogen-bond acceptors (Lipinski definition) is 5. The largest absolute Gasteiger partial charge is 0.507 e. The second-order valence-corrected chi connectivity index (χ2v) is 11.2. The van der Waals surface area contributed by atoms with Gasteiger partial charge in [-0.25, -0.2) is 4.39 Å². The van der Waals surface area contributed by atoms with Gasteiger partial charge in [0.05, 0.1) is 18.7 Å². The SMILES string of the molecule is CCOc1c(C(=O)NC)cc2c(c1F)CN(CC(=O)c1cc(C(C)(C)C)c(O)c(C(C)(C)C)c1)C2=N. The van der Waals surface area contributed by atoms with E-state index in [0.717, 1.165) is 0 Å². The molecule has 0 spiro atoms. The van der Waals surface area contributed by atoms with E-state index in [1.807, 2.05) is 41.5 Å². The summed E-state index contributed by atoms with van der Waals surface area (Å²) in [6.07, 6.45) is 0. The average molecular weight is 498 g/mol. The molecule has 8 heteroatoms. The Labute approximate surface area is 212 Å². The third-order valence-corrected chi connectivity index (χ3v) is 6.39. The van der Waals surface area contributed by atoms with E-state index in [-0.39, 0.29) is 59.5 Å². The van der Waals surface area contributed by atoms with Crippen molar-refractivity contribution in [1.29, 1.82) is 5.41 Å². The van der Waals surface area contributed by atoms with Crippen LogP contribution in [0.15, 0.2) is 18.2 Å². The number of nitrogens with one attached hydrogen (secondary N) is 2. The quantitative estimate of drug-likeness (QED) is 0.492. The fourth-order valence-electron chi connectivity index (χ4n) is 4.40. The van der Waals surface area contributed by atoms with Crippen LogP contribution in [0, 0.1) is 11.2 Å². The second kappa shape index (κ2) is 9.56. The lowest BCUT2D eigenvalue weighted by molar-refractivity contribution is 0.0952. The molecule has 0 saturated carbocycles. The van der Waals surface area contributed by atoms with E-state index in [9.17, 15) is 14.7 Å². The Hall–Kier alpha value is -3.42. The van der Waals surface area contributed by atoms with Crippen LogP contribution >= 0.6 is 0 Å². The lowest BCUT2D eigenvalue weighted by atomic mass is 9.78. The molecule has 7 nitrogen and oxygen atoms in total. The minimum atomic E-state index is -0.692. The van der Waals surface area contributed by atoms with Crippen LogP contribution in [0.1, 0.15) is 91.4 Å². The van der Waals surface area contributed by atoms with Crippen LogP contribution in [-0.4, -0.2) is 47.7 Å². The lowest BCUT2D eigenvalue weighted by Crippen LogP contribution is -2.31. The number of ether oxygens (including phenoxy) is 1. The molecule has 0 fully saturated rings. The van der Waals surface area contributed by atoms with Gasteiger partial charge in [-0.15, -0.1) is 0 Å². The summed E-state index contributed by atoms with van der Waals surface area (Å²) in [6.45, 7) is 13.6. The second-order valence-electron chi connectivity index (χ2n) is 11.2. The monoisotopic (exact) mass is 497 g/mol. The number of nitrogens with zero attached hydrogens (tertiary/aromatic N) is 1. The summed E-state index contributed by atoms with van der Waals surface area (Å²) in [4.78, 5) is 27.3. The molecule has 194 valence electrons. The summed E-state index contributed by atoms with van der Waals surface area (Å²) in [5.41, 5.74) is 1.46. The molecular weight excluding hydrogens is 461 g/mol. The number of aromatic hydroxyl groups is 1. The first-order chi connectivity index (χ1) is 16.6. The predicted octanol–water partition coefficient (Wildman–Crippen LogP) is 4.91. The lowest BCUT2D eigenvalue weighted by Gasteiger charge is -2.28. The molecule has 0 radical (unpaired) electrons. The van der Waals surface area contributed by atoms with E-state index < -0.39 is 22.6 Å². The zero-order valence-electron chi connectivity index (χ0n) is 22.4. The fourth-order valence-corrected chi connectivity index (χ4v) is 4.40. The molecule has 2 aromatic carbocycles. The summed E-state index contributed by atoms with van der Waals surface area (Å²) >= 11 is 0. The fraction of sp³-hybridized carbons (Fsp3) is 0.464. The van der Waals surface area contributed by atoms with Crippen molar-refractivity contribution in [2.24, 2.45) is 0 Å². The van der Waals surface area contributed by atoms with E-state index >= 15 is 4.39 Å². The van der Waals surface area contributed by atoms with Crippen molar-refractivity contribution in [3.63, 3.8) is 0 Å². The molecule has 3 N–H and O–H groups in total. The van der Waals surface area contributed by atoms with Gasteiger partial charge in [0.1, 0.15) is 11.6 Å². The summed E-state index contributed by atoms with van der Waals surface area (Å²) in [5.74, 6) is -1.46. The van der Waals surface area contributed by atoms with Gasteiger partial charge in [0.15, 0.2) is 17.3 Å². The van der Waals surface area contributed by atoms with Gasteiger partial charge in [0.2, 0.25) is 0 Å². The third-order valence-electron chi connectivity index (χ3n) is 6.39. The number of phenolic OH excluding ortho intramolecular Hbond substituents is 1. The molecule has 0 unspecified atom stereocenters. The zero-order valence-corrected chi connectivity index (χ0v) is 22.4. The number of fused-ring (bicyclic) bond motifs is 1. The van der Waals surface area contributed by atoms with E-state index in [1.54, 1.807) is 19.1 Å². The highest BCUT2D eigenvalue weighted by Crippen LogP contribution is 2.40. The van der Waals surface area contributed by atoms with Gasteiger partial charge in [-0.1, -0.05) is 41.5 Å². The Morgan fingerprint density at radius 3 is 2.14 bits per heavy atom. The smallest absolute Gasteiger partial charge is 0.254 e. The van der Waals surface area contributed by atoms with Gasteiger partial charge in [0, 0.05) is 41.4 Å². The molecule has 0 bridgehead atoms. The maximum atomic E-state index is 15.4. The number of hydrogen-bond donors (Lipinski definition) is 3. The van der Waals surface area contributed by atoms with Gasteiger partial charge < -0.3 is 20.1 Å². The molecule has 0 aliphatic carbocycles. The molecule has 1 amide bonds. The number of benzene rings is 2. The Morgan fingerprint density at radius 2 is 1.67 bits per heavy atom. The molecule has 1 aliphatic rings. The first kappa shape index (κ1) is 27.2. The molecule has 3 rings (SSSR count). The maximum Gasteiger partial charge on any atom is 0.254 e. The number of carbonyl (C=O) groups excluding carboxylic acids is 2. The standard InChI is InChI=1S/C28H36FN3O4/c1-9-36-24-17(26(35)31-8)12-16-18(22(24)29)13-32(25(16)30)14-21(33)15-10-19(27(2,3)4)23(34)20(11-15)28(5,6)7/h10-12,30,34H,9,13-14H2,1-8H3,(H,31,35). The summed E-state index contributed by atoms with van der Waals surface area (Å²) in [6, 6.07) is 4.86. The summed E-state index contributed by atoms with van der Waals surface area (Å²) in [7, 11) is 1.44.